The molecule has 0 N–H and O–H groups in total. The quantitative estimate of drug-likeness (QED) is 0.536. The first-order valence-electron chi connectivity index (χ1n) is 10.6. The molecule has 1 fully saturated rings. The maximum atomic E-state index is 13.5. The van der Waals surface area contributed by atoms with E-state index in [1.807, 2.05) is 39.0 Å². The van der Waals surface area contributed by atoms with Gasteiger partial charge in [0.2, 0.25) is 0 Å². The average Bonchev–Trinajstić information content (AvgIpc) is 3.16. The van der Waals surface area contributed by atoms with Crippen LogP contribution in [-0.2, 0) is 9.84 Å². The van der Waals surface area contributed by atoms with Crippen molar-refractivity contribution in [3.8, 4) is 11.5 Å². The van der Waals surface area contributed by atoms with Gasteiger partial charge in [-0.2, -0.15) is 0 Å². The van der Waals surface area contributed by atoms with Gasteiger partial charge in [0.1, 0.15) is 21.7 Å². The molecule has 9 heteroatoms. The molecule has 0 aliphatic carbocycles. The maximum absolute atomic E-state index is 13.5. The monoisotopic (exact) mass is 472 g/mol. The second kappa shape index (κ2) is 8.37. The molecule has 1 amide bonds. The molecular weight excluding hydrogens is 444 g/mol. The van der Waals surface area contributed by atoms with Gasteiger partial charge in [0.05, 0.1) is 13.7 Å². The molecule has 2 heterocycles. The summed E-state index contributed by atoms with van der Waals surface area (Å²) in [7, 11) is -2.25. The predicted molar refractivity (Wildman–Crippen MR) is 124 cm³/mol. The fourth-order valence-corrected chi connectivity index (χ4v) is 4.63. The Hall–Kier alpha value is -3.07. The molecule has 1 aliphatic heterocycles. The van der Waals surface area contributed by atoms with Gasteiger partial charge in [-0.1, -0.05) is 26.8 Å². The summed E-state index contributed by atoms with van der Waals surface area (Å²) >= 11 is 0. The summed E-state index contributed by atoms with van der Waals surface area (Å²) in [6.07, 6.45) is 2.50. The van der Waals surface area contributed by atoms with E-state index < -0.39 is 9.84 Å². The van der Waals surface area contributed by atoms with Crippen LogP contribution < -0.4 is 9.47 Å². The van der Waals surface area contributed by atoms with Crippen molar-refractivity contribution in [3.05, 3.63) is 47.9 Å². The summed E-state index contributed by atoms with van der Waals surface area (Å²) < 4.78 is 41.4. The highest BCUT2D eigenvalue weighted by Gasteiger charge is 2.37. The van der Waals surface area contributed by atoms with E-state index in [-0.39, 0.29) is 33.4 Å². The van der Waals surface area contributed by atoms with Crippen molar-refractivity contribution in [3.63, 3.8) is 0 Å². The molecule has 3 aromatic rings. The topological polar surface area (TPSA) is 98.9 Å². The molecule has 0 unspecified atom stereocenters. The Balaban J connectivity index is 1.63. The Bertz CT molecular complexity index is 1300. The summed E-state index contributed by atoms with van der Waals surface area (Å²) in [5.41, 5.74) is 2.54. The van der Waals surface area contributed by atoms with Gasteiger partial charge in [0, 0.05) is 25.3 Å². The van der Waals surface area contributed by atoms with Gasteiger partial charge >= 0.3 is 0 Å². The second-order valence-electron chi connectivity index (χ2n) is 9.58. The number of oxazole rings is 1. The van der Waals surface area contributed by atoms with E-state index >= 15 is 0 Å². The molecule has 1 saturated heterocycles. The van der Waals surface area contributed by atoms with Gasteiger partial charge in [-0.25, -0.2) is 13.4 Å². The average molecular weight is 473 g/mol. The molecule has 0 spiro atoms. The molecule has 0 atom stereocenters. The van der Waals surface area contributed by atoms with Crippen LogP contribution >= 0.6 is 0 Å². The molecular formula is C24H28N2O6S. The summed E-state index contributed by atoms with van der Waals surface area (Å²) in [5.74, 6) is 0.149. The van der Waals surface area contributed by atoms with Crippen molar-refractivity contribution in [1.29, 1.82) is 0 Å². The Morgan fingerprint density at radius 3 is 2.58 bits per heavy atom. The first-order valence-corrected chi connectivity index (χ1v) is 12.5. The van der Waals surface area contributed by atoms with Crippen molar-refractivity contribution in [2.45, 2.75) is 31.6 Å². The molecule has 0 bridgehead atoms. The number of methoxy groups -OCH3 is 1. The van der Waals surface area contributed by atoms with Crippen molar-refractivity contribution >= 4 is 26.8 Å². The Morgan fingerprint density at radius 2 is 1.94 bits per heavy atom. The molecule has 4 rings (SSSR count). The molecule has 8 nitrogen and oxygen atoms in total. The van der Waals surface area contributed by atoms with Gasteiger partial charge in [-0.3, -0.25) is 4.79 Å². The first-order chi connectivity index (χ1) is 15.5. The highest BCUT2D eigenvalue weighted by Crippen LogP contribution is 2.39. The minimum Gasteiger partial charge on any atom is -0.494 e. The minimum atomic E-state index is -3.61. The third-order valence-electron chi connectivity index (χ3n) is 5.56. The zero-order valence-electron chi connectivity index (χ0n) is 19.4. The molecule has 0 saturated carbocycles. The number of sulfone groups is 1. The van der Waals surface area contributed by atoms with Crippen LogP contribution in [0.1, 0.15) is 42.6 Å². The number of nitrogens with zero attached hydrogens (tertiary/aromatic N) is 2. The van der Waals surface area contributed by atoms with Crippen LogP contribution in [0.15, 0.2) is 46.0 Å². The number of benzene rings is 2. The van der Waals surface area contributed by atoms with Crippen LogP contribution in [0.5, 0.6) is 11.5 Å². The van der Waals surface area contributed by atoms with Crippen LogP contribution in [0, 0.1) is 5.41 Å². The van der Waals surface area contributed by atoms with E-state index in [1.54, 1.807) is 4.90 Å². The molecule has 1 aromatic heterocycles. The third kappa shape index (κ3) is 4.68. The lowest BCUT2D eigenvalue weighted by atomic mass is 9.90. The fraction of sp³-hybridized carbons (Fsp3) is 0.417. The van der Waals surface area contributed by atoms with Gasteiger partial charge in [0.25, 0.3) is 5.91 Å². The molecule has 1 aliphatic rings. The van der Waals surface area contributed by atoms with Crippen molar-refractivity contribution in [1.82, 2.24) is 9.88 Å². The van der Waals surface area contributed by atoms with Gasteiger partial charge < -0.3 is 18.8 Å². The second-order valence-corrected chi connectivity index (χ2v) is 11.6. The van der Waals surface area contributed by atoms with E-state index in [0.29, 0.717) is 31.0 Å². The summed E-state index contributed by atoms with van der Waals surface area (Å²) in [6.45, 7) is 7.38. The van der Waals surface area contributed by atoms with Crippen LogP contribution in [0.4, 0.5) is 0 Å². The first kappa shape index (κ1) is 23.1. The van der Waals surface area contributed by atoms with Crippen LogP contribution in [-0.4, -0.2) is 57.3 Å². The maximum Gasteiger partial charge on any atom is 0.261 e. The number of aromatic nitrogens is 1. The van der Waals surface area contributed by atoms with Crippen LogP contribution in [0.3, 0.4) is 0 Å². The van der Waals surface area contributed by atoms with Crippen LogP contribution in [0.2, 0.25) is 0 Å². The van der Waals surface area contributed by atoms with Gasteiger partial charge in [0.15, 0.2) is 27.6 Å². The minimum absolute atomic E-state index is 0.0143. The fourth-order valence-electron chi connectivity index (χ4n) is 3.80. The van der Waals surface area contributed by atoms with E-state index in [4.69, 9.17) is 13.9 Å². The number of hydrogen-bond donors (Lipinski definition) is 0. The largest absolute Gasteiger partial charge is 0.494 e. The smallest absolute Gasteiger partial charge is 0.261 e. The predicted octanol–water partition coefficient (Wildman–Crippen LogP) is 3.90. The highest BCUT2D eigenvalue weighted by molar-refractivity contribution is 7.90. The van der Waals surface area contributed by atoms with Gasteiger partial charge in [-0.15, -0.1) is 0 Å². The molecule has 0 radical (unpaired) electrons. The van der Waals surface area contributed by atoms with Crippen molar-refractivity contribution < 1.29 is 27.1 Å². The Kier molecular flexibility index (Phi) is 5.86. The van der Waals surface area contributed by atoms with E-state index in [1.165, 1.54) is 25.6 Å². The number of likely N-dealkylation sites (tertiary alicyclic amines) is 1. The molecule has 2 aromatic carbocycles. The van der Waals surface area contributed by atoms with Gasteiger partial charge in [-0.05, 0) is 35.2 Å². The molecule has 176 valence electrons. The number of ether oxygens (including phenoxy) is 2. The lowest BCUT2D eigenvalue weighted by Gasteiger charge is -2.40. The Morgan fingerprint density at radius 1 is 1.21 bits per heavy atom. The third-order valence-corrected chi connectivity index (χ3v) is 6.68. The van der Waals surface area contributed by atoms with Crippen molar-refractivity contribution in [2.24, 2.45) is 5.41 Å². The molecule has 33 heavy (non-hydrogen) atoms. The number of carbonyl (C=O) groups is 1. The standard InChI is InChI=1S/C24H28N2O6S/c1-24(2,3)13-31-18-8-9-20(33(5,28)29)22(30-4)21(18)23(27)26-11-16(12-26)15-6-7-17-19(10-15)32-14-25-17/h6-10,14,16H,11-13H2,1-5H3. The number of carbonyl (C=O) groups excluding carboxylic acids is 1. The lowest BCUT2D eigenvalue weighted by Crippen LogP contribution is -2.48. The number of rotatable bonds is 6. The number of fused-ring (bicyclic) bond motifs is 1. The number of amides is 1. The zero-order chi connectivity index (χ0) is 24.0. The normalized spacial score (nSPS) is 14.9. The highest BCUT2D eigenvalue weighted by atomic mass is 32.2. The summed E-state index contributed by atoms with van der Waals surface area (Å²) in [5, 5.41) is 0. The zero-order valence-corrected chi connectivity index (χ0v) is 20.2. The Labute approximate surface area is 193 Å². The number of hydrogen-bond acceptors (Lipinski definition) is 7. The van der Waals surface area contributed by atoms with Crippen LogP contribution in [0.25, 0.3) is 11.1 Å². The van der Waals surface area contributed by atoms with E-state index in [0.717, 1.165) is 17.3 Å². The SMILES string of the molecule is COc1c(S(C)(=O)=O)ccc(OCC(C)(C)C)c1C(=O)N1CC(c2ccc3ncoc3c2)C1. The lowest BCUT2D eigenvalue weighted by molar-refractivity contribution is 0.0591. The van der Waals surface area contributed by atoms with Crippen molar-refractivity contribution in [2.75, 3.05) is 33.1 Å². The van der Waals surface area contributed by atoms with E-state index in [9.17, 15) is 13.2 Å². The van der Waals surface area contributed by atoms with E-state index in [2.05, 4.69) is 4.98 Å². The summed E-state index contributed by atoms with van der Waals surface area (Å²) in [6, 6.07) is 8.79. The summed E-state index contributed by atoms with van der Waals surface area (Å²) in [4.78, 5) is 19.3.